The van der Waals surface area contributed by atoms with Gasteiger partial charge in [0, 0.05) is 49.7 Å². The Morgan fingerprint density at radius 2 is 2.05 bits per heavy atom. The summed E-state index contributed by atoms with van der Waals surface area (Å²) in [4.78, 5) is 30.4. The number of halogens is 1. The van der Waals surface area contributed by atoms with Gasteiger partial charge in [0.25, 0.3) is 5.91 Å². The lowest BCUT2D eigenvalue weighted by atomic mass is 10.1. The fourth-order valence-corrected chi connectivity index (χ4v) is 4.49. The number of ether oxygens (including phenoxy) is 1. The van der Waals surface area contributed by atoms with Crippen molar-refractivity contribution in [1.29, 1.82) is 0 Å². The van der Waals surface area contributed by atoms with Crippen LogP contribution in [0.15, 0.2) is 42.6 Å². The molecule has 2 aromatic heterocycles. The van der Waals surface area contributed by atoms with Crippen molar-refractivity contribution >= 4 is 39.4 Å². The van der Waals surface area contributed by atoms with Gasteiger partial charge < -0.3 is 10.5 Å². The molecule has 5 rings (SSSR count). The molecule has 0 radical (unpaired) electrons. The lowest BCUT2D eigenvalue weighted by Crippen LogP contribution is -2.46. The molecule has 1 aliphatic heterocycles. The number of hydrogen-bond donors (Lipinski definition) is 1. The minimum absolute atomic E-state index is 0.128. The van der Waals surface area contributed by atoms with E-state index < -0.39 is 11.7 Å². The monoisotopic (exact) mass is 514 g/mol. The maximum absolute atomic E-state index is 15.1. The summed E-state index contributed by atoms with van der Waals surface area (Å²) < 4.78 is 22.3. The quantitative estimate of drug-likeness (QED) is 0.332. The molecule has 3 heterocycles. The lowest BCUT2D eigenvalue weighted by molar-refractivity contribution is -0.140. The minimum atomic E-state index is -0.520. The zero-order valence-electron chi connectivity index (χ0n) is 21.4. The highest BCUT2D eigenvalue weighted by Crippen LogP contribution is 2.29. The first kappa shape index (κ1) is 25.2. The number of nitrogen functional groups attached to an aromatic ring is 1. The standard InChI is InChI=1S/C28H27FN6O3/c1-17(36)34(3)35(16-20-8-6-18(13-24(20)29)7-10-21-5-4-12-38-21)28(37)19-9-11-25-22(14-19)26-23(27(30)32-25)15-31-33(26)2/h6,8-9,11,13-15,21H,4-5,12,16H2,1-3H3,(H2,30,32). The van der Waals surface area contributed by atoms with Gasteiger partial charge in [0.15, 0.2) is 0 Å². The molecule has 1 fully saturated rings. The number of aromatic nitrogens is 3. The molecule has 0 aliphatic carbocycles. The average molecular weight is 515 g/mol. The van der Waals surface area contributed by atoms with E-state index in [2.05, 4.69) is 21.9 Å². The highest BCUT2D eigenvalue weighted by Gasteiger charge is 2.25. The number of benzene rings is 2. The van der Waals surface area contributed by atoms with Gasteiger partial charge in [-0.2, -0.15) is 5.10 Å². The summed E-state index contributed by atoms with van der Waals surface area (Å²) in [5.41, 5.74) is 8.49. The molecule has 1 saturated heterocycles. The van der Waals surface area contributed by atoms with Crippen molar-refractivity contribution in [3.63, 3.8) is 0 Å². The number of fused-ring (bicyclic) bond motifs is 3. The maximum Gasteiger partial charge on any atom is 0.272 e. The highest BCUT2D eigenvalue weighted by atomic mass is 19.1. The van der Waals surface area contributed by atoms with Crippen LogP contribution in [0.2, 0.25) is 0 Å². The number of amides is 2. The fourth-order valence-electron chi connectivity index (χ4n) is 4.49. The van der Waals surface area contributed by atoms with E-state index in [1.165, 1.54) is 30.1 Å². The van der Waals surface area contributed by atoms with Crippen molar-refractivity contribution in [2.75, 3.05) is 19.4 Å². The van der Waals surface area contributed by atoms with Crippen molar-refractivity contribution in [3.8, 4) is 11.8 Å². The zero-order valence-corrected chi connectivity index (χ0v) is 21.4. The van der Waals surface area contributed by atoms with Crippen LogP contribution in [0.3, 0.4) is 0 Å². The molecule has 0 spiro atoms. The minimum Gasteiger partial charge on any atom is -0.383 e. The second-order valence-corrected chi connectivity index (χ2v) is 9.24. The molecule has 10 heteroatoms. The number of hydrogen-bond acceptors (Lipinski definition) is 6. The van der Waals surface area contributed by atoms with Crippen LogP contribution in [0.1, 0.15) is 41.3 Å². The number of carbonyl (C=O) groups excluding carboxylic acids is 2. The van der Waals surface area contributed by atoms with E-state index in [1.54, 1.807) is 48.3 Å². The van der Waals surface area contributed by atoms with Crippen LogP contribution in [0.4, 0.5) is 10.2 Å². The molecule has 4 aromatic rings. The van der Waals surface area contributed by atoms with Gasteiger partial charge in [-0.1, -0.05) is 17.9 Å². The molecule has 1 unspecified atom stereocenters. The summed E-state index contributed by atoms with van der Waals surface area (Å²) in [6.07, 6.45) is 3.33. The van der Waals surface area contributed by atoms with Gasteiger partial charge in [-0.3, -0.25) is 19.3 Å². The number of nitrogens with two attached hydrogens (primary N) is 1. The molecule has 1 atom stereocenters. The van der Waals surface area contributed by atoms with Crippen molar-refractivity contribution in [2.24, 2.45) is 7.05 Å². The Labute approximate surface area is 218 Å². The van der Waals surface area contributed by atoms with Gasteiger partial charge in [0.1, 0.15) is 17.7 Å². The number of nitrogens with zero attached hydrogens (tertiary/aromatic N) is 5. The van der Waals surface area contributed by atoms with Crippen LogP contribution in [-0.4, -0.2) is 56.4 Å². The number of carbonyl (C=O) groups is 2. The normalized spacial score (nSPS) is 14.9. The summed E-state index contributed by atoms with van der Waals surface area (Å²) >= 11 is 0. The molecule has 1 aliphatic rings. The molecular formula is C28H27FN6O3. The van der Waals surface area contributed by atoms with Crippen molar-refractivity contribution in [2.45, 2.75) is 32.4 Å². The topological polar surface area (TPSA) is 107 Å². The summed E-state index contributed by atoms with van der Waals surface area (Å²) in [5, 5.41) is 8.02. The Hall–Kier alpha value is -4.49. The smallest absolute Gasteiger partial charge is 0.272 e. The summed E-state index contributed by atoms with van der Waals surface area (Å²) in [6.45, 7) is 1.88. The van der Waals surface area contributed by atoms with Crippen molar-refractivity contribution < 1.29 is 18.7 Å². The first-order valence-corrected chi connectivity index (χ1v) is 12.2. The molecule has 194 valence electrons. The molecule has 2 N–H and O–H groups in total. The Balaban J connectivity index is 1.47. The Morgan fingerprint density at radius 3 is 2.76 bits per heavy atom. The number of anilines is 1. The SMILES string of the molecule is CC(=O)N(C)N(Cc1ccc(C#CC2CCCO2)cc1F)C(=O)c1ccc2nc(N)c3cnn(C)c3c2c1. The Bertz CT molecular complexity index is 1630. The van der Waals surface area contributed by atoms with Crippen molar-refractivity contribution in [1.82, 2.24) is 24.8 Å². The second-order valence-electron chi connectivity index (χ2n) is 9.24. The third-order valence-electron chi connectivity index (χ3n) is 6.69. The van der Waals surface area contributed by atoms with Gasteiger partial charge in [0.05, 0.1) is 29.2 Å². The first-order valence-electron chi connectivity index (χ1n) is 12.2. The third-order valence-corrected chi connectivity index (χ3v) is 6.69. The van der Waals surface area contributed by atoms with E-state index >= 15 is 4.39 Å². The van der Waals surface area contributed by atoms with E-state index in [4.69, 9.17) is 10.5 Å². The average Bonchev–Trinajstić information content (AvgIpc) is 3.56. The predicted molar refractivity (Wildman–Crippen MR) is 141 cm³/mol. The van der Waals surface area contributed by atoms with Gasteiger partial charge in [-0.25, -0.2) is 14.4 Å². The molecule has 2 aromatic carbocycles. The van der Waals surface area contributed by atoms with E-state index in [-0.39, 0.29) is 24.1 Å². The Morgan fingerprint density at radius 1 is 1.24 bits per heavy atom. The van der Waals surface area contributed by atoms with Gasteiger partial charge in [0.2, 0.25) is 5.91 Å². The molecule has 2 amide bonds. The summed E-state index contributed by atoms with van der Waals surface area (Å²) in [6, 6.07) is 9.60. The maximum atomic E-state index is 15.1. The van der Waals surface area contributed by atoms with Crippen LogP contribution < -0.4 is 5.73 Å². The highest BCUT2D eigenvalue weighted by molar-refractivity contribution is 6.10. The second kappa shape index (κ2) is 10.1. The number of rotatable bonds is 3. The van der Waals surface area contributed by atoms with Crippen LogP contribution in [0, 0.1) is 17.7 Å². The van der Waals surface area contributed by atoms with Gasteiger partial charge in [-0.15, -0.1) is 0 Å². The van der Waals surface area contributed by atoms with Crippen LogP contribution >= 0.6 is 0 Å². The van der Waals surface area contributed by atoms with Crippen LogP contribution in [-0.2, 0) is 23.1 Å². The van der Waals surface area contributed by atoms with Crippen molar-refractivity contribution in [3.05, 3.63) is 65.1 Å². The fraction of sp³-hybridized carbons (Fsp3) is 0.286. The van der Waals surface area contributed by atoms with Gasteiger partial charge in [-0.05, 0) is 43.2 Å². The number of aryl methyl sites for hydroxylation is 1. The van der Waals surface area contributed by atoms with E-state index in [9.17, 15) is 9.59 Å². The van der Waals surface area contributed by atoms with Gasteiger partial charge >= 0.3 is 0 Å². The summed E-state index contributed by atoms with van der Waals surface area (Å²) in [7, 11) is 3.26. The largest absolute Gasteiger partial charge is 0.383 e. The first-order chi connectivity index (χ1) is 18.2. The molecule has 0 saturated carbocycles. The van der Waals surface area contributed by atoms with E-state index in [0.29, 0.717) is 39.8 Å². The van der Waals surface area contributed by atoms with E-state index in [1.807, 2.05) is 0 Å². The molecule has 9 nitrogen and oxygen atoms in total. The van der Waals surface area contributed by atoms with Crippen LogP contribution in [0.5, 0.6) is 0 Å². The van der Waals surface area contributed by atoms with Crippen LogP contribution in [0.25, 0.3) is 21.8 Å². The number of pyridine rings is 1. The molecular weight excluding hydrogens is 487 g/mol. The lowest BCUT2D eigenvalue weighted by Gasteiger charge is -2.31. The summed E-state index contributed by atoms with van der Waals surface area (Å²) in [5.74, 6) is 4.95. The third kappa shape index (κ3) is 4.76. The molecule has 0 bridgehead atoms. The zero-order chi connectivity index (χ0) is 27.0. The molecule has 38 heavy (non-hydrogen) atoms. The number of hydrazine groups is 1. The predicted octanol–water partition coefficient (Wildman–Crippen LogP) is 3.41. The Kier molecular flexibility index (Phi) is 6.70. The van der Waals surface area contributed by atoms with E-state index in [0.717, 1.165) is 18.4 Å².